The van der Waals surface area contributed by atoms with Crippen molar-refractivity contribution in [2.75, 3.05) is 26.8 Å². The zero-order valence-corrected chi connectivity index (χ0v) is 20.1. The highest BCUT2D eigenvalue weighted by molar-refractivity contribution is 7.87. The number of benzene rings is 2. The Hall–Kier alpha value is -2.50. The largest absolute Gasteiger partial charge is 0.496 e. The van der Waals surface area contributed by atoms with Gasteiger partial charge >= 0.3 is 0 Å². The van der Waals surface area contributed by atoms with Gasteiger partial charge in [0.2, 0.25) is 0 Å². The number of ether oxygens (including phenoxy) is 1. The van der Waals surface area contributed by atoms with E-state index in [1.165, 1.54) is 7.11 Å². The number of carbonyl (C=O) groups excluding carboxylic acids is 1. The number of aliphatic hydroxyl groups is 2. The summed E-state index contributed by atoms with van der Waals surface area (Å²) in [5, 5.41) is 21.3. The van der Waals surface area contributed by atoms with Crippen LogP contribution in [0.25, 0.3) is 0 Å². The standard InChI is InChI=1S/C24H33N3O6S/c1-33-22-10-6-5-9-21(22)23(30)25-17-24(18-7-3-2-4-8-18)13-11-19(12-14-24)27-34(31,32)26-15-20(29)16-28/h2-10,19-20,26-29H,11-17H2,1H3,(H,25,30)/t19?,20-,24?/m1/s1. The fourth-order valence-electron chi connectivity index (χ4n) is 4.36. The summed E-state index contributed by atoms with van der Waals surface area (Å²) >= 11 is 0. The molecule has 0 aliphatic heterocycles. The highest BCUT2D eigenvalue weighted by Crippen LogP contribution is 2.39. The van der Waals surface area contributed by atoms with E-state index >= 15 is 0 Å². The fraction of sp³-hybridized carbons (Fsp3) is 0.458. The number of carbonyl (C=O) groups is 1. The number of methoxy groups -OCH3 is 1. The Balaban J connectivity index is 1.68. The number of rotatable bonds is 11. The summed E-state index contributed by atoms with van der Waals surface area (Å²) in [4.78, 5) is 12.9. The second-order valence-corrected chi connectivity index (χ2v) is 10.1. The molecule has 2 aromatic rings. The first-order valence-corrected chi connectivity index (χ1v) is 12.8. The topological polar surface area (TPSA) is 137 Å². The van der Waals surface area contributed by atoms with Gasteiger partial charge in [-0.05, 0) is 43.4 Å². The summed E-state index contributed by atoms with van der Waals surface area (Å²) in [7, 11) is -2.29. The van der Waals surface area contributed by atoms with Crippen LogP contribution < -0.4 is 19.5 Å². The van der Waals surface area contributed by atoms with Gasteiger partial charge < -0.3 is 20.3 Å². The van der Waals surface area contributed by atoms with Gasteiger partial charge in [-0.25, -0.2) is 0 Å². The van der Waals surface area contributed by atoms with Gasteiger partial charge in [-0.1, -0.05) is 42.5 Å². The lowest BCUT2D eigenvalue weighted by molar-refractivity contribution is 0.0932. The van der Waals surface area contributed by atoms with Crippen LogP contribution in [0.1, 0.15) is 41.6 Å². The molecule has 3 rings (SSSR count). The van der Waals surface area contributed by atoms with Gasteiger partial charge in [0.1, 0.15) is 5.75 Å². The van der Waals surface area contributed by atoms with Crippen molar-refractivity contribution in [3.63, 3.8) is 0 Å². The van der Waals surface area contributed by atoms with Crippen LogP contribution in [0.3, 0.4) is 0 Å². The number of aliphatic hydroxyl groups excluding tert-OH is 2. The SMILES string of the molecule is COc1ccccc1C(=O)NCC1(c2ccccc2)CCC(NS(=O)(=O)NC[C@@H](O)CO)CC1. The van der Waals surface area contributed by atoms with E-state index in [0.29, 0.717) is 43.5 Å². The number of nitrogens with one attached hydrogen (secondary N) is 3. The summed E-state index contributed by atoms with van der Waals surface area (Å²) in [6.45, 7) is -0.373. The van der Waals surface area contributed by atoms with Crippen LogP contribution in [0.2, 0.25) is 0 Å². The first-order chi connectivity index (χ1) is 16.3. The normalized spacial score (nSPS) is 21.6. The minimum absolute atomic E-state index is 0.220. The zero-order valence-electron chi connectivity index (χ0n) is 19.2. The first-order valence-electron chi connectivity index (χ1n) is 11.3. The van der Waals surface area contributed by atoms with Gasteiger partial charge in [-0.15, -0.1) is 0 Å². The maximum Gasteiger partial charge on any atom is 0.277 e. The minimum Gasteiger partial charge on any atom is -0.496 e. The predicted molar refractivity (Wildman–Crippen MR) is 129 cm³/mol. The van der Waals surface area contributed by atoms with Crippen LogP contribution in [-0.2, 0) is 15.6 Å². The molecule has 0 spiro atoms. The van der Waals surface area contributed by atoms with Crippen LogP contribution in [0.15, 0.2) is 54.6 Å². The van der Waals surface area contributed by atoms with Gasteiger partial charge in [0.15, 0.2) is 0 Å². The molecule has 0 radical (unpaired) electrons. The molecule has 1 fully saturated rings. The van der Waals surface area contributed by atoms with E-state index in [1.54, 1.807) is 18.2 Å². The zero-order chi connectivity index (χ0) is 24.6. The average Bonchev–Trinajstić information content (AvgIpc) is 2.87. The molecule has 0 heterocycles. The van der Waals surface area contributed by atoms with Crippen molar-refractivity contribution >= 4 is 16.1 Å². The monoisotopic (exact) mass is 491 g/mol. The summed E-state index contributed by atoms with van der Waals surface area (Å²) in [5.41, 5.74) is 1.23. The maximum atomic E-state index is 12.9. The predicted octanol–water partition coefficient (Wildman–Crippen LogP) is 1.08. The third-order valence-corrected chi connectivity index (χ3v) is 7.50. The summed E-state index contributed by atoms with van der Waals surface area (Å²) in [5.74, 6) is 0.285. The van der Waals surface area contributed by atoms with Crippen LogP contribution in [-0.4, -0.2) is 63.5 Å². The Bertz CT molecular complexity index is 1040. The van der Waals surface area contributed by atoms with Crippen molar-refractivity contribution in [2.24, 2.45) is 0 Å². The Morgan fingerprint density at radius 1 is 1.12 bits per heavy atom. The highest BCUT2D eigenvalue weighted by atomic mass is 32.2. The van der Waals surface area contributed by atoms with Crippen molar-refractivity contribution < 1.29 is 28.2 Å². The smallest absolute Gasteiger partial charge is 0.277 e. The number of hydrogen-bond donors (Lipinski definition) is 5. The quantitative estimate of drug-likeness (QED) is 0.319. The average molecular weight is 492 g/mol. The molecule has 1 saturated carbocycles. The Morgan fingerprint density at radius 2 is 1.76 bits per heavy atom. The molecule has 34 heavy (non-hydrogen) atoms. The molecule has 186 valence electrons. The van der Waals surface area contributed by atoms with Gasteiger partial charge in [0.05, 0.1) is 25.4 Å². The van der Waals surface area contributed by atoms with E-state index in [2.05, 4.69) is 14.8 Å². The number of hydrogen-bond acceptors (Lipinski definition) is 6. The highest BCUT2D eigenvalue weighted by Gasteiger charge is 2.38. The molecule has 2 aromatic carbocycles. The molecule has 1 amide bonds. The van der Waals surface area contributed by atoms with Crippen molar-refractivity contribution in [2.45, 2.75) is 43.2 Å². The summed E-state index contributed by atoms with van der Waals surface area (Å²) in [6.07, 6.45) is 1.37. The van der Waals surface area contributed by atoms with E-state index < -0.39 is 22.9 Å². The molecule has 1 atom stereocenters. The van der Waals surface area contributed by atoms with Crippen molar-refractivity contribution in [3.8, 4) is 5.75 Å². The van der Waals surface area contributed by atoms with Gasteiger partial charge in [0.25, 0.3) is 16.1 Å². The van der Waals surface area contributed by atoms with Gasteiger partial charge in [0, 0.05) is 24.5 Å². The van der Waals surface area contributed by atoms with Crippen LogP contribution in [0.4, 0.5) is 0 Å². The van der Waals surface area contributed by atoms with E-state index in [0.717, 1.165) is 5.56 Å². The number of amides is 1. The molecule has 10 heteroatoms. The van der Waals surface area contributed by atoms with Crippen LogP contribution in [0.5, 0.6) is 5.75 Å². The van der Waals surface area contributed by atoms with Crippen molar-refractivity contribution in [1.29, 1.82) is 0 Å². The minimum atomic E-state index is -3.81. The van der Waals surface area contributed by atoms with Gasteiger partial charge in [-0.3, -0.25) is 4.79 Å². The first kappa shape index (κ1) is 26.1. The number of para-hydroxylation sites is 1. The maximum absolute atomic E-state index is 12.9. The molecule has 0 aromatic heterocycles. The molecule has 1 aliphatic carbocycles. The molecule has 1 aliphatic rings. The van der Waals surface area contributed by atoms with Crippen molar-refractivity contribution in [3.05, 3.63) is 65.7 Å². The molecule has 5 N–H and O–H groups in total. The fourth-order valence-corrected chi connectivity index (χ4v) is 5.53. The van der Waals surface area contributed by atoms with Crippen molar-refractivity contribution in [1.82, 2.24) is 14.8 Å². The summed E-state index contributed by atoms with van der Waals surface area (Å²) < 4.78 is 34.8. The van der Waals surface area contributed by atoms with E-state index in [1.807, 2.05) is 36.4 Å². The molecule has 0 bridgehead atoms. The third-order valence-electron chi connectivity index (χ3n) is 6.31. The second-order valence-electron chi connectivity index (χ2n) is 8.61. The molecular formula is C24H33N3O6S. The van der Waals surface area contributed by atoms with E-state index in [-0.39, 0.29) is 23.9 Å². The lowest BCUT2D eigenvalue weighted by Gasteiger charge is -2.41. The Labute approximate surface area is 200 Å². The Morgan fingerprint density at radius 3 is 2.41 bits per heavy atom. The molecular weight excluding hydrogens is 458 g/mol. The molecule has 0 unspecified atom stereocenters. The van der Waals surface area contributed by atoms with E-state index in [9.17, 15) is 18.3 Å². The van der Waals surface area contributed by atoms with Crippen LogP contribution in [0, 0.1) is 0 Å². The Kier molecular flexibility index (Phi) is 9.03. The lowest BCUT2D eigenvalue weighted by atomic mass is 9.68. The lowest BCUT2D eigenvalue weighted by Crippen LogP contribution is -2.50. The second kappa shape index (κ2) is 11.8. The molecule has 0 saturated heterocycles. The molecule has 9 nitrogen and oxygen atoms in total. The summed E-state index contributed by atoms with van der Waals surface area (Å²) in [6, 6.07) is 16.7. The third kappa shape index (κ3) is 6.77. The van der Waals surface area contributed by atoms with Crippen LogP contribution >= 0.6 is 0 Å². The van der Waals surface area contributed by atoms with Gasteiger partial charge in [-0.2, -0.15) is 17.9 Å². The van der Waals surface area contributed by atoms with E-state index in [4.69, 9.17) is 9.84 Å².